The first-order valence-electron chi connectivity index (χ1n) is 11.5. The Morgan fingerprint density at radius 2 is 1.92 bits per heavy atom. The lowest BCUT2D eigenvalue weighted by molar-refractivity contribution is 0.0924. The van der Waals surface area contributed by atoms with Crippen LogP contribution in [-0.2, 0) is 12.6 Å². The molecule has 1 aromatic carbocycles. The van der Waals surface area contributed by atoms with Crippen molar-refractivity contribution in [3.8, 4) is 28.7 Å². The molecule has 5 aromatic rings. The predicted molar refractivity (Wildman–Crippen MR) is 135 cm³/mol. The van der Waals surface area contributed by atoms with Crippen LogP contribution >= 0.6 is 0 Å². The fourth-order valence-corrected chi connectivity index (χ4v) is 4.20. The van der Waals surface area contributed by atoms with E-state index in [1.165, 1.54) is 12.4 Å². The molecule has 37 heavy (non-hydrogen) atoms. The van der Waals surface area contributed by atoms with Crippen molar-refractivity contribution in [1.82, 2.24) is 40.0 Å². The molecule has 6 rings (SSSR count). The fourth-order valence-electron chi connectivity index (χ4n) is 4.20. The van der Waals surface area contributed by atoms with Gasteiger partial charge in [-0.2, -0.15) is 10.4 Å². The van der Waals surface area contributed by atoms with E-state index in [9.17, 15) is 4.79 Å². The lowest BCUT2D eigenvalue weighted by Crippen LogP contribution is -2.37. The molecule has 1 aliphatic carbocycles. The quantitative estimate of drug-likeness (QED) is 0.379. The first-order chi connectivity index (χ1) is 18.0. The number of nitrogens with one attached hydrogen (secondary N) is 1. The van der Waals surface area contributed by atoms with Crippen molar-refractivity contribution in [2.24, 2.45) is 7.05 Å². The zero-order valence-electron chi connectivity index (χ0n) is 19.8. The van der Waals surface area contributed by atoms with E-state index in [4.69, 9.17) is 16.0 Å². The number of carbonyl (C=O) groups is 1. The summed E-state index contributed by atoms with van der Waals surface area (Å²) in [5.41, 5.74) is 9.01. The third-order valence-electron chi connectivity index (χ3n) is 6.28. The molecule has 3 N–H and O–H groups in total. The molecule has 0 spiro atoms. The molecular formula is C26H20N10O. The van der Waals surface area contributed by atoms with Crippen LogP contribution in [0, 0.1) is 11.3 Å². The zero-order valence-corrected chi connectivity index (χ0v) is 19.8. The first kappa shape index (κ1) is 22.2. The number of nitrogens with two attached hydrogens (primary N) is 1. The number of amides is 1. The standard InChI is InChI=1S/C26H20N10O/c1-36-10-6-19(35-36)21-20(17-4-5-18-16(11-17)3-2-9-29-18)32-22(23(28)33-21)24(37)34-26(7-8-26)25-30-13-15(12-27)14-31-25/h2-6,9-11,13-14H,7-8H2,1H3,(H2,28,33)(H,34,37). The summed E-state index contributed by atoms with van der Waals surface area (Å²) in [4.78, 5) is 35.6. The van der Waals surface area contributed by atoms with Crippen molar-refractivity contribution >= 4 is 22.6 Å². The Balaban J connectivity index is 1.42. The number of aromatic nitrogens is 7. The first-order valence-corrected chi connectivity index (χ1v) is 11.5. The molecule has 0 aliphatic heterocycles. The molecule has 180 valence electrons. The van der Waals surface area contributed by atoms with Crippen LogP contribution in [-0.4, -0.2) is 40.6 Å². The molecule has 4 heterocycles. The second-order valence-corrected chi connectivity index (χ2v) is 8.88. The lowest BCUT2D eigenvalue weighted by atomic mass is 10.0. The highest BCUT2D eigenvalue weighted by atomic mass is 16.2. The van der Waals surface area contributed by atoms with Gasteiger partial charge in [0, 0.05) is 42.8 Å². The minimum absolute atomic E-state index is 0.000819. The Kier molecular flexibility index (Phi) is 5.08. The van der Waals surface area contributed by atoms with E-state index in [1.54, 1.807) is 17.1 Å². The van der Waals surface area contributed by atoms with Gasteiger partial charge in [-0.25, -0.2) is 19.9 Å². The average molecular weight is 489 g/mol. The number of nitrogens with zero attached hydrogens (tertiary/aromatic N) is 8. The van der Waals surface area contributed by atoms with Gasteiger partial charge in [0.2, 0.25) is 0 Å². The highest BCUT2D eigenvalue weighted by Gasteiger charge is 2.49. The molecular weight excluding hydrogens is 468 g/mol. The number of rotatable bonds is 5. The maximum absolute atomic E-state index is 13.4. The molecule has 11 nitrogen and oxygen atoms in total. The Hall–Kier alpha value is -5.24. The molecule has 1 saturated carbocycles. The summed E-state index contributed by atoms with van der Waals surface area (Å²) in [6.07, 6.45) is 7.74. The van der Waals surface area contributed by atoms with Crippen molar-refractivity contribution in [2.75, 3.05) is 5.73 Å². The minimum atomic E-state index is -0.729. The van der Waals surface area contributed by atoms with Crippen molar-refractivity contribution in [3.05, 3.63) is 78.3 Å². The monoisotopic (exact) mass is 488 g/mol. The number of carbonyl (C=O) groups excluding carboxylic acids is 1. The number of anilines is 1. The molecule has 11 heteroatoms. The normalized spacial score (nSPS) is 13.7. The van der Waals surface area contributed by atoms with Crippen molar-refractivity contribution in [2.45, 2.75) is 18.4 Å². The molecule has 1 aliphatic rings. The molecule has 4 aromatic heterocycles. The van der Waals surface area contributed by atoms with E-state index in [0.29, 0.717) is 41.3 Å². The third-order valence-corrected chi connectivity index (χ3v) is 6.28. The molecule has 0 atom stereocenters. The average Bonchev–Trinajstić information content (AvgIpc) is 3.58. The number of hydrogen-bond acceptors (Lipinski definition) is 9. The molecule has 1 fully saturated rings. The topological polar surface area (TPSA) is 161 Å². The zero-order chi connectivity index (χ0) is 25.6. The van der Waals surface area contributed by atoms with Crippen LogP contribution in [0.4, 0.5) is 5.82 Å². The van der Waals surface area contributed by atoms with E-state index < -0.39 is 11.4 Å². The van der Waals surface area contributed by atoms with Gasteiger partial charge in [0.25, 0.3) is 5.91 Å². The molecule has 0 unspecified atom stereocenters. The number of pyridine rings is 1. The van der Waals surface area contributed by atoms with Crippen molar-refractivity contribution < 1.29 is 4.79 Å². The molecule has 0 saturated heterocycles. The van der Waals surface area contributed by atoms with Crippen LogP contribution in [0.5, 0.6) is 0 Å². The Morgan fingerprint density at radius 1 is 1.11 bits per heavy atom. The summed E-state index contributed by atoms with van der Waals surface area (Å²) in [7, 11) is 1.81. The lowest BCUT2D eigenvalue weighted by Gasteiger charge is -2.17. The van der Waals surface area contributed by atoms with Crippen LogP contribution < -0.4 is 11.1 Å². The van der Waals surface area contributed by atoms with Gasteiger partial charge < -0.3 is 11.1 Å². The van der Waals surface area contributed by atoms with Crippen LogP contribution in [0.3, 0.4) is 0 Å². The second kappa shape index (κ2) is 8.46. The van der Waals surface area contributed by atoms with Crippen molar-refractivity contribution in [1.29, 1.82) is 5.26 Å². The van der Waals surface area contributed by atoms with Crippen molar-refractivity contribution in [3.63, 3.8) is 0 Å². The van der Waals surface area contributed by atoms with Crippen LogP contribution in [0.1, 0.15) is 34.7 Å². The number of nitriles is 1. The van der Waals surface area contributed by atoms with E-state index in [2.05, 4.69) is 30.4 Å². The summed E-state index contributed by atoms with van der Waals surface area (Å²) in [5.74, 6) is -0.0496. The summed E-state index contributed by atoms with van der Waals surface area (Å²) in [6.45, 7) is 0. The van der Waals surface area contributed by atoms with Gasteiger partial charge in [-0.05, 0) is 37.1 Å². The van der Waals surface area contributed by atoms with Gasteiger partial charge in [-0.3, -0.25) is 14.5 Å². The number of aryl methyl sites for hydroxylation is 1. The summed E-state index contributed by atoms with van der Waals surface area (Å²) < 4.78 is 1.66. The molecule has 0 radical (unpaired) electrons. The van der Waals surface area contributed by atoms with Gasteiger partial charge in [-0.1, -0.05) is 12.1 Å². The number of nitrogen functional groups attached to an aromatic ring is 1. The summed E-state index contributed by atoms with van der Waals surface area (Å²) in [6, 6.07) is 13.4. The van der Waals surface area contributed by atoms with Gasteiger partial charge in [0.05, 0.1) is 16.8 Å². The third kappa shape index (κ3) is 4.00. The van der Waals surface area contributed by atoms with Crippen LogP contribution in [0.2, 0.25) is 0 Å². The van der Waals surface area contributed by atoms with Crippen LogP contribution in [0.25, 0.3) is 33.5 Å². The number of fused-ring (bicyclic) bond motifs is 1. The number of benzene rings is 1. The van der Waals surface area contributed by atoms with E-state index in [0.717, 1.165) is 16.5 Å². The predicted octanol–water partition coefficient (Wildman–Crippen LogP) is 2.76. The smallest absolute Gasteiger partial charge is 0.274 e. The summed E-state index contributed by atoms with van der Waals surface area (Å²) in [5, 5.41) is 17.4. The maximum Gasteiger partial charge on any atom is 0.274 e. The van der Waals surface area contributed by atoms with E-state index >= 15 is 0 Å². The van der Waals surface area contributed by atoms with Gasteiger partial charge in [-0.15, -0.1) is 0 Å². The highest BCUT2D eigenvalue weighted by Crippen LogP contribution is 2.44. The second-order valence-electron chi connectivity index (χ2n) is 8.88. The Morgan fingerprint density at radius 3 is 2.62 bits per heavy atom. The summed E-state index contributed by atoms with van der Waals surface area (Å²) >= 11 is 0. The van der Waals surface area contributed by atoms with Gasteiger partial charge >= 0.3 is 0 Å². The fraction of sp³-hybridized carbons (Fsp3) is 0.154. The Labute approximate surface area is 211 Å². The molecule has 1 amide bonds. The van der Waals surface area contributed by atoms with Gasteiger partial charge in [0.15, 0.2) is 17.3 Å². The minimum Gasteiger partial charge on any atom is -0.382 e. The number of hydrogen-bond donors (Lipinski definition) is 2. The highest BCUT2D eigenvalue weighted by molar-refractivity contribution is 5.99. The van der Waals surface area contributed by atoms with Gasteiger partial charge in [0.1, 0.15) is 23.0 Å². The van der Waals surface area contributed by atoms with E-state index in [1.807, 2.05) is 49.5 Å². The van der Waals surface area contributed by atoms with Crippen LogP contribution in [0.15, 0.2) is 61.2 Å². The largest absolute Gasteiger partial charge is 0.382 e. The molecule has 0 bridgehead atoms. The Bertz CT molecular complexity index is 1710. The maximum atomic E-state index is 13.4. The SMILES string of the molecule is Cn1ccc(-c2nc(N)c(C(=O)NC3(c4ncc(C#N)cn4)CC3)nc2-c2ccc3ncccc3c2)n1. The van der Waals surface area contributed by atoms with E-state index in [-0.39, 0.29) is 11.5 Å².